The lowest BCUT2D eigenvalue weighted by Gasteiger charge is -2.18. The van der Waals surface area contributed by atoms with Crippen molar-refractivity contribution in [3.63, 3.8) is 0 Å². The highest BCUT2D eigenvalue weighted by atomic mass is 32.2. The fourth-order valence-electron chi connectivity index (χ4n) is 2.71. The fourth-order valence-corrected chi connectivity index (χ4v) is 4.75. The zero-order chi connectivity index (χ0) is 22.4. The molecule has 0 radical (unpaired) electrons. The predicted molar refractivity (Wildman–Crippen MR) is 116 cm³/mol. The van der Waals surface area contributed by atoms with Gasteiger partial charge in [0.1, 0.15) is 17.4 Å². The van der Waals surface area contributed by atoms with Crippen molar-refractivity contribution in [2.45, 2.75) is 34.1 Å². The van der Waals surface area contributed by atoms with Gasteiger partial charge >= 0.3 is 5.97 Å². The topological polar surface area (TPSA) is 35.5 Å². The van der Waals surface area contributed by atoms with Crippen molar-refractivity contribution >= 4 is 16.9 Å². The van der Waals surface area contributed by atoms with Gasteiger partial charge in [-0.15, -0.1) is 6.42 Å². The Morgan fingerprint density at radius 1 is 0.871 bits per heavy atom. The normalized spacial score (nSPS) is 11.1. The van der Waals surface area contributed by atoms with E-state index in [0.29, 0.717) is 5.75 Å². The monoisotopic (exact) mass is 439 g/mol. The summed E-state index contributed by atoms with van der Waals surface area (Å²) in [4.78, 5) is 14.6. The molecular formula is C25H21F2O3S+. The molecule has 0 saturated carbocycles. The number of carbonyl (C=O) groups is 1. The second-order valence-corrected chi connectivity index (χ2v) is 9.13. The molecule has 0 heterocycles. The van der Waals surface area contributed by atoms with E-state index >= 15 is 0 Å². The minimum absolute atomic E-state index is 0.272. The summed E-state index contributed by atoms with van der Waals surface area (Å²) in [6, 6.07) is 19.7. The van der Waals surface area contributed by atoms with Gasteiger partial charge in [-0.05, 0) is 86.6 Å². The third kappa shape index (κ3) is 6.09. The molecule has 0 N–H and O–H groups in total. The minimum atomic E-state index is -0.997. The quantitative estimate of drug-likeness (QED) is 0.281. The van der Waals surface area contributed by atoms with E-state index in [2.05, 4.69) is 5.92 Å². The SMILES string of the molecule is C#CC(C)(C)OC(=O)COc1ccc([S+](c2ccc(F)cc2)c2ccc(F)cc2)cc1. The average Bonchev–Trinajstić information content (AvgIpc) is 2.76. The van der Waals surface area contributed by atoms with Crippen LogP contribution in [0.3, 0.4) is 0 Å². The first-order valence-corrected chi connectivity index (χ1v) is 10.7. The van der Waals surface area contributed by atoms with Crippen LogP contribution in [0.25, 0.3) is 0 Å². The maximum atomic E-state index is 13.4. The van der Waals surface area contributed by atoms with E-state index in [1.165, 1.54) is 24.3 Å². The number of halogens is 2. The molecule has 3 aromatic rings. The highest BCUT2D eigenvalue weighted by molar-refractivity contribution is 7.97. The third-order valence-electron chi connectivity index (χ3n) is 4.23. The van der Waals surface area contributed by atoms with Crippen molar-refractivity contribution in [1.82, 2.24) is 0 Å². The summed E-state index contributed by atoms with van der Waals surface area (Å²) in [5, 5.41) is 0. The molecule has 0 aliphatic heterocycles. The summed E-state index contributed by atoms with van der Waals surface area (Å²) in [5.74, 6) is 1.66. The van der Waals surface area contributed by atoms with Crippen molar-refractivity contribution in [2.24, 2.45) is 0 Å². The van der Waals surface area contributed by atoms with E-state index in [1.807, 2.05) is 12.1 Å². The largest absolute Gasteiger partial charge is 0.482 e. The Balaban J connectivity index is 1.79. The summed E-state index contributed by atoms with van der Waals surface area (Å²) in [7, 11) is -0.569. The number of benzene rings is 3. The summed E-state index contributed by atoms with van der Waals surface area (Å²) < 4.78 is 37.5. The molecule has 0 aromatic heterocycles. The van der Waals surface area contributed by atoms with Crippen LogP contribution in [-0.4, -0.2) is 18.2 Å². The molecule has 0 atom stereocenters. The standard InChI is InChI=1S/C25H21F2O3S/c1-4-25(2,3)30-24(28)17-29-20-9-15-23(16-10-20)31(21-11-5-18(26)6-12-21)22-13-7-19(27)8-14-22/h1,5-16H,17H2,2-3H3/q+1. The van der Waals surface area contributed by atoms with Crippen LogP contribution >= 0.6 is 0 Å². The molecule has 0 spiro atoms. The molecule has 0 fully saturated rings. The molecule has 3 nitrogen and oxygen atoms in total. The average molecular weight is 440 g/mol. The molecular weight excluding hydrogens is 418 g/mol. The van der Waals surface area contributed by atoms with Crippen LogP contribution in [0.5, 0.6) is 5.75 Å². The van der Waals surface area contributed by atoms with Gasteiger partial charge in [-0.3, -0.25) is 0 Å². The van der Waals surface area contributed by atoms with E-state index in [1.54, 1.807) is 50.2 Å². The van der Waals surface area contributed by atoms with E-state index in [-0.39, 0.29) is 18.2 Å². The van der Waals surface area contributed by atoms with Crippen LogP contribution in [0.15, 0.2) is 87.5 Å². The van der Waals surface area contributed by atoms with Crippen LogP contribution in [0.4, 0.5) is 8.78 Å². The van der Waals surface area contributed by atoms with Crippen LogP contribution < -0.4 is 4.74 Å². The fraction of sp³-hybridized carbons (Fsp3) is 0.160. The van der Waals surface area contributed by atoms with Gasteiger partial charge in [-0.2, -0.15) is 0 Å². The number of esters is 1. The van der Waals surface area contributed by atoms with Crippen LogP contribution in [0.2, 0.25) is 0 Å². The highest BCUT2D eigenvalue weighted by Gasteiger charge is 2.29. The van der Waals surface area contributed by atoms with Gasteiger partial charge in [0, 0.05) is 0 Å². The smallest absolute Gasteiger partial charge is 0.345 e. The zero-order valence-corrected chi connectivity index (χ0v) is 17.9. The van der Waals surface area contributed by atoms with Crippen LogP contribution in [-0.2, 0) is 20.4 Å². The maximum absolute atomic E-state index is 13.4. The number of hydrogen-bond acceptors (Lipinski definition) is 3. The Morgan fingerprint density at radius 2 is 1.29 bits per heavy atom. The molecule has 0 amide bonds. The summed E-state index contributed by atoms with van der Waals surface area (Å²) in [6.07, 6.45) is 5.31. The second-order valence-electron chi connectivity index (χ2n) is 7.10. The Morgan fingerprint density at radius 3 is 1.71 bits per heavy atom. The molecule has 3 aromatic carbocycles. The van der Waals surface area contributed by atoms with Crippen molar-refractivity contribution < 1.29 is 23.0 Å². The molecule has 31 heavy (non-hydrogen) atoms. The molecule has 0 aliphatic rings. The summed E-state index contributed by atoms with van der Waals surface area (Å²) in [5.41, 5.74) is -0.997. The Hall–Kier alpha value is -3.30. The van der Waals surface area contributed by atoms with Gasteiger partial charge < -0.3 is 9.47 Å². The number of rotatable bonds is 7. The Kier molecular flexibility index (Phi) is 6.98. The first kappa shape index (κ1) is 22.4. The van der Waals surface area contributed by atoms with Gasteiger partial charge in [0.2, 0.25) is 0 Å². The lowest BCUT2D eigenvalue weighted by atomic mass is 10.1. The van der Waals surface area contributed by atoms with Crippen LogP contribution in [0.1, 0.15) is 13.8 Å². The van der Waals surface area contributed by atoms with Gasteiger partial charge in [0.25, 0.3) is 0 Å². The zero-order valence-electron chi connectivity index (χ0n) is 17.1. The lowest BCUT2D eigenvalue weighted by molar-refractivity contribution is -0.154. The van der Waals surface area contributed by atoms with E-state index in [4.69, 9.17) is 15.9 Å². The number of carbonyl (C=O) groups excluding carboxylic acids is 1. The Labute approximate surface area is 183 Å². The molecule has 0 saturated heterocycles. The van der Waals surface area contributed by atoms with Gasteiger partial charge in [0.05, 0.1) is 10.9 Å². The first-order valence-electron chi connectivity index (χ1n) is 9.45. The van der Waals surface area contributed by atoms with Crippen LogP contribution in [0, 0.1) is 24.0 Å². The number of hydrogen-bond donors (Lipinski definition) is 0. The van der Waals surface area contributed by atoms with Crippen molar-refractivity contribution in [3.05, 3.63) is 84.4 Å². The van der Waals surface area contributed by atoms with Gasteiger partial charge in [-0.25, -0.2) is 13.6 Å². The third-order valence-corrected chi connectivity index (χ3v) is 6.46. The summed E-state index contributed by atoms with van der Waals surface area (Å²) >= 11 is 0. The highest BCUT2D eigenvalue weighted by Crippen LogP contribution is 2.32. The maximum Gasteiger partial charge on any atom is 0.345 e. The predicted octanol–water partition coefficient (Wildman–Crippen LogP) is 5.39. The van der Waals surface area contributed by atoms with Crippen molar-refractivity contribution in [3.8, 4) is 18.1 Å². The van der Waals surface area contributed by atoms with E-state index in [0.717, 1.165) is 14.7 Å². The van der Waals surface area contributed by atoms with Crippen molar-refractivity contribution in [2.75, 3.05) is 6.61 Å². The number of ether oxygens (including phenoxy) is 2. The number of terminal acetylenes is 1. The molecule has 158 valence electrons. The molecule has 3 rings (SSSR count). The molecule has 0 unspecified atom stereocenters. The Bertz CT molecular complexity index is 1020. The van der Waals surface area contributed by atoms with Gasteiger partial charge in [0.15, 0.2) is 26.9 Å². The van der Waals surface area contributed by atoms with E-state index in [9.17, 15) is 13.6 Å². The molecule has 6 heteroatoms. The van der Waals surface area contributed by atoms with Gasteiger partial charge in [-0.1, -0.05) is 5.92 Å². The molecule has 0 bridgehead atoms. The molecule has 0 aliphatic carbocycles. The summed E-state index contributed by atoms with van der Waals surface area (Å²) in [6.45, 7) is 2.96. The first-order chi connectivity index (χ1) is 14.8. The lowest BCUT2D eigenvalue weighted by Crippen LogP contribution is -2.29. The second kappa shape index (κ2) is 9.67. The van der Waals surface area contributed by atoms with E-state index < -0.39 is 22.5 Å². The minimum Gasteiger partial charge on any atom is -0.482 e. The van der Waals surface area contributed by atoms with Crippen molar-refractivity contribution in [1.29, 1.82) is 0 Å².